The van der Waals surface area contributed by atoms with Gasteiger partial charge in [0, 0.05) is 0 Å². The lowest BCUT2D eigenvalue weighted by Gasteiger charge is -1.93. The molecule has 0 unspecified atom stereocenters. The van der Waals surface area contributed by atoms with Gasteiger partial charge in [-0.15, -0.1) is 0 Å². The molecule has 2 N–H and O–H groups in total. The summed E-state index contributed by atoms with van der Waals surface area (Å²) in [6.07, 6.45) is 0. The van der Waals surface area contributed by atoms with Crippen LogP contribution in [0, 0.1) is 15.9 Å². The van der Waals surface area contributed by atoms with Gasteiger partial charge in [-0.3, -0.25) is 10.1 Å². The van der Waals surface area contributed by atoms with E-state index in [0.29, 0.717) is 0 Å². The molecule has 5 nitrogen and oxygen atoms in total. The molecule has 0 saturated carbocycles. The van der Waals surface area contributed by atoms with E-state index in [1.54, 1.807) is 0 Å². The van der Waals surface area contributed by atoms with Gasteiger partial charge in [-0.1, -0.05) is 0 Å². The number of carbonyl (C=O) groups excluding carboxylic acids is 1. The quantitative estimate of drug-likeness (QED) is 0.327. The summed E-state index contributed by atoms with van der Waals surface area (Å²) in [6, 6.07) is 1.70. The van der Waals surface area contributed by atoms with E-state index in [1.165, 1.54) is 0 Å². The van der Waals surface area contributed by atoms with Crippen molar-refractivity contribution in [2.75, 3.05) is 5.73 Å². The number of anilines is 1. The van der Waals surface area contributed by atoms with Crippen LogP contribution in [-0.4, -0.2) is 11.7 Å². The maximum Gasteiger partial charge on any atom is 0.377 e. The van der Waals surface area contributed by atoms with E-state index in [-0.39, 0.29) is 11.4 Å². The fourth-order valence-electron chi connectivity index (χ4n) is 0.825. The molecule has 0 amide bonds. The standard InChI is InChI=1S/C7H6FN2O3/c1-13-7-2-4(8)6(10(11)12)3-5(7)9/h2-3H,1,9H2/q+1. The molecule has 13 heavy (non-hydrogen) atoms. The molecule has 0 saturated heterocycles. The van der Waals surface area contributed by atoms with Gasteiger partial charge in [0.25, 0.3) is 6.79 Å². The number of hydrogen-bond acceptors (Lipinski definition) is 3. The molecule has 0 aliphatic heterocycles. The lowest BCUT2D eigenvalue weighted by atomic mass is 10.2. The fraction of sp³-hybridized carbons (Fsp3) is 0. The summed E-state index contributed by atoms with van der Waals surface area (Å²) < 4.78 is 17.3. The number of halogens is 1. The molecule has 0 spiro atoms. The molecule has 68 valence electrons. The number of benzene rings is 1. The van der Waals surface area contributed by atoms with Gasteiger partial charge in [0.05, 0.1) is 17.1 Å². The molecular weight excluding hydrogens is 179 g/mol. The number of nitro groups is 1. The van der Waals surface area contributed by atoms with Crippen LogP contribution in [0.25, 0.3) is 0 Å². The molecule has 0 bridgehead atoms. The van der Waals surface area contributed by atoms with Gasteiger partial charge in [0.15, 0.2) is 0 Å². The molecule has 0 atom stereocenters. The van der Waals surface area contributed by atoms with E-state index in [4.69, 9.17) is 5.73 Å². The Kier molecular flexibility index (Phi) is 2.23. The second-order valence-electron chi connectivity index (χ2n) is 2.24. The SMILES string of the molecule is C=[O+]c1cc(F)c([N+](=O)[O-])cc1N. The Balaban J connectivity index is 3.36. The summed E-state index contributed by atoms with van der Waals surface area (Å²) in [4.78, 5) is 9.36. The summed E-state index contributed by atoms with van der Waals surface area (Å²) in [5.74, 6) is -1.03. The predicted octanol–water partition coefficient (Wildman–Crippen LogP) is 1.39. The Labute approximate surface area is 72.4 Å². The van der Waals surface area contributed by atoms with Gasteiger partial charge in [-0.2, -0.15) is 4.39 Å². The van der Waals surface area contributed by atoms with Crippen LogP contribution in [0.2, 0.25) is 0 Å². The highest BCUT2D eigenvalue weighted by Crippen LogP contribution is 2.29. The molecule has 0 heterocycles. The van der Waals surface area contributed by atoms with Gasteiger partial charge in [-0.25, -0.2) is 4.42 Å². The van der Waals surface area contributed by atoms with Crippen molar-refractivity contribution >= 4 is 18.2 Å². The first-order chi connectivity index (χ1) is 6.06. The van der Waals surface area contributed by atoms with Crippen molar-refractivity contribution in [2.24, 2.45) is 0 Å². The van der Waals surface area contributed by atoms with E-state index in [1.807, 2.05) is 0 Å². The minimum absolute atomic E-state index is 0.0249. The van der Waals surface area contributed by atoms with Crippen molar-refractivity contribution in [1.29, 1.82) is 0 Å². The zero-order valence-electron chi connectivity index (χ0n) is 6.49. The predicted molar refractivity (Wildman–Crippen MR) is 44.0 cm³/mol. The van der Waals surface area contributed by atoms with E-state index in [9.17, 15) is 14.5 Å². The highest BCUT2D eigenvalue weighted by Gasteiger charge is 2.21. The topological polar surface area (TPSA) is 80.5 Å². The van der Waals surface area contributed by atoms with Crippen LogP contribution in [-0.2, 0) is 4.42 Å². The normalized spacial score (nSPS) is 9.62. The Morgan fingerprint density at radius 2 is 2.23 bits per heavy atom. The number of rotatable bonds is 2. The minimum Gasteiger partial charge on any atom is -0.391 e. The summed E-state index contributed by atoms with van der Waals surface area (Å²) in [5.41, 5.74) is 4.60. The van der Waals surface area contributed by atoms with Gasteiger partial charge in [0.2, 0.25) is 5.82 Å². The highest BCUT2D eigenvalue weighted by atomic mass is 19.1. The third kappa shape index (κ3) is 1.61. The van der Waals surface area contributed by atoms with Crippen molar-refractivity contribution in [3.05, 3.63) is 28.1 Å². The van der Waals surface area contributed by atoms with Crippen LogP contribution in [0.15, 0.2) is 12.1 Å². The molecule has 0 aliphatic rings. The zero-order valence-corrected chi connectivity index (χ0v) is 6.49. The van der Waals surface area contributed by atoms with Gasteiger partial charge in [0.1, 0.15) is 5.69 Å². The van der Waals surface area contributed by atoms with Crippen LogP contribution in [0.5, 0.6) is 5.75 Å². The van der Waals surface area contributed by atoms with Crippen LogP contribution >= 0.6 is 0 Å². The molecule has 0 radical (unpaired) electrons. The Bertz CT molecular complexity index is 378. The first kappa shape index (κ1) is 9.11. The third-order valence-electron chi connectivity index (χ3n) is 1.43. The first-order valence-electron chi connectivity index (χ1n) is 3.21. The maximum atomic E-state index is 12.9. The molecule has 0 aromatic heterocycles. The lowest BCUT2D eigenvalue weighted by molar-refractivity contribution is -0.388. The molecule has 1 aromatic carbocycles. The zero-order chi connectivity index (χ0) is 10.0. The van der Waals surface area contributed by atoms with E-state index in [0.717, 1.165) is 12.1 Å². The van der Waals surface area contributed by atoms with Crippen molar-refractivity contribution in [2.45, 2.75) is 0 Å². The highest BCUT2D eigenvalue weighted by molar-refractivity contribution is 5.58. The van der Waals surface area contributed by atoms with Crippen molar-refractivity contribution < 1.29 is 13.7 Å². The van der Waals surface area contributed by atoms with E-state index >= 15 is 0 Å². The first-order valence-corrected chi connectivity index (χ1v) is 3.21. The lowest BCUT2D eigenvalue weighted by Crippen LogP contribution is -1.95. The van der Waals surface area contributed by atoms with Crippen LogP contribution in [0.1, 0.15) is 0 Å². The van der Waals surface area contributed by atoms with Crippen molar-refractivity contribution in [3.8, 4) is 5.75 Å². The molecular formula is C7H6FN2O3+. The summed E-state index contributed by atoms with van der Waals surface area (Å²) >= 11 is 0. The van der Waals surface area contributed by atoms with E-state index in [2.05, 4.69) is 11.2 Å². The smallest absolute Gasteiger partial charge is 0.377 e. The largest absolute Gasteiger partial charge is 0.391 e. The molecule has 0 fully saturated rings. The second-order valence-corrected chi connectivity index (χ2v) is 2.24. The maximum absolute atomic E-state index is 12.9. The third-order valence-corrected chi connectivity index (χ3v) is 1.43. The minimum atomic E-state index is -1.00. The van der Waals surface area contributed by atoms with Crippen LogP contribution in [0.4, 0.5) is 15.8 Å². The second kappa shape index (κ2) is 3.18. The monoisotopic (exact) mass is 185 g/mol. The molecule has 1 aromatic rings. The Morgan fingerprint density at radius 3 is 2.69 bits per heavy atom. The van der Waals surface area contributed by atoms with Gasteiger partial charge in [-0.05, 0) is 0 Å². The van der Waals surface area contributed by atoms with Crippen LogP contribution < -0.4 is 5.73 Å². The average Bonchev–Trinajstić information content (AvgIpc) is 2.07. The number of hydrogen-bond donors (Lipinski definition) is 1. The van der Waals surface area contributed by atoms with Gasteiger partial charge < -0.3 is 5.73 Å². The van der Waals surface area contributed by atoms with Crippen molar-refractivity contribution in [3.63, 3.8) is 0 Å². The molecule has 0 aliphatic carbocycles. The molecule has 1 rings (SSSR count). The summed E-state index contributed by atoms with van der Waals surface area (Å²) in [6.45, 7) is 3.02. The number of nitro benzene ring substituents is 1. The van der Waals surface area contributed by atoms with Gasteiger partial charge >= 0.3 is 11.4 Å². The Hall–Kier alpha value is -1.98. The Morgan fingerprint density at radius 1 is 1.62 bits per heavy atom. The van der Waals surface area contributed by atoms with Crippen molar-refractivity contribution in [1.82, 2.24) is 0 Å². The number of nitrogens with two attached hydrogens (primary N) is 1. The number of nitrogen functional groups attached to an aromatic ring is 1. The summed E-state index contributed by atoms with van der Waals surface area (Å²) in [5, 5.41) is 10.2. The molecule has 6 heteroatoms. The van der Waals surface area contributed by atoms with E-state index < -0.39 is 16.4 Å². The average molecular weight is 185 g/mol. The fourth-order valence-corrected chi connectivity index (χ4v) is 0.825. The summed E-state index contributed by atoms with van der Waals surface area (Å²) in [7, 11) is 0. The van der Waals surface area contributed by atoms with Crippen LogP contribution in [0.3, 0.4) is 0 Å². The number of nitrogens with zero attached hydrogens (tertiary/aromatic N) is 1.